The zero-order valence-electron chi connectivity index (χ0n) is 12.0. The summed E-state index contributed by atoms with van der Waals surface area (Å²) in [5.41, 5.74) is 2.72. The topological polar surface area (TPSA) is 30.5 Å². The van der Waals surface area contributed by atoms with Gasteiger partial charge in [-0.05, 0) is 43.9 Å². The van der Waals surface area contributed by atoms with Crippen LogP contribution in [0.5, 0.6) is 11.5 Å². The van der Waals surface area contributed by atoms with Gasteiger partial charge in [-0.15, -0.1) is 17.0 Å². The van der Waals surface area contributed by atoms with E-state index in [-0.39, 0.29) is 17.0 Å². The van der Waals surface area contributed by atoms with Gasteiger partial charge >= 0.3 is 0 Å². The number of ether oxygens (including phenoxy) is 2. The number of halogens is 1. The molecule has 0 fully saturated rings. The van der Waals surface area contributed by atoms with Gasteiger partial charge in [-0.3, -0.25) is 0 Å². The highest BCUT2D eigenvalue weighted by atomic mass is 79.9. The van der Waals surface area contributed by atoms with Crippen molar-refractivity contribution < 1.29 is 9.47 Å². The molecular formula is C15H24BrNO2. The molecule has 1 atom stereocenters. The van der Waals surface area contributed by atoms with E-state index in [2.05, 4.69) is 18.3 Å². The minimum atomic E-state index is 0. The Bertz CT molecular complexity index is 409. The van der Waals surface area contributed by atoms with E-state index in [1.54, 1.807) is 14.2 Å². The molecule has 0 saturated carbocycles. The zero-order chi connectivity index (χ0) is 13.0. The highest BCUT2D eigenvalue weighted by Gasteiger charge is 2.22. The van der Waals surface area contributed by atoms with Crippen LogP contribution in [0.1, 0.15) is 30.9 Å². The van der Waals surface area contributed by atoms with E-state index in [9.17, 15) is 0 Å². The van der Waals surface area contributed by atoms with E-state index < -0.39 is 0 Å². The monoisotopic (exact) mass is 329 g/mol. The fourth-order valence-electron chi connectivity index (χ4n) is 2.71. The van der Waals surface area contributed by atoms with Gasteiger partial charge in [-0.2, -0.15) is 0 Å². The third kappa shape index (κ3) is 3.63. The Morgan fingerprint density at radius 1 is 1.26 bits per heavy atom. The predicted octanol–water partition coefficient (Wildman–Crippen LogP) is 3.14. The average molecular weight is 330 g/mol. The van der Waals surface area contributed by atoms with Crippen LogP contribution in [0.4, 0.5) is 0 Å². The lowest BCUT2D eigenvalue weighted by Crippen LogP contribution is -2.35. The maximum Gasteiger partial charge on any atom is 0.164 e. The van der Waals surface area contributed by atoms with Gasteiger partial charge in [-0.1, -0.05) is 13.0 Å². The molecule has 0 saturated heterocycles. The minimum Gasteiger partial charge on any atom is -0.493 e. The molecule has 0 amide bonds. The molecule has 1 aromatic rings. The highest BCUT2D eigenvalue weighted by molar-refractivity contribution is 8.93. The number of hydrogen-bond acceptors (Lipinski definition) is 3. The fourth-order valence-corrected chi connectivity index (χ4v) is 2.71. The van der Waals surface area contributed by atoms with E-state index in [0.29, 0.717) is 6.04 Å². The maximum absolute atomic E-state index is 5.51. The molecule has 0 aromatic heterocycles. The second-order valence-electron chi connectivity index (χ2n) is 4.83. The highest BCUT2D eigenvalue weighted by Crippen LogP contribution is 2.37. The summed E-state index contributed by atoms with van der Waals surface area (Å²) in [5.74, 6) is 1.76. The first-order chi connectivity index (χ1) is 8.80. The third-order valence-corrected chi connectivity index (χ3v) is 3.64. The van der Waals surface area contributed by atoms with E-state index in [0.717, 1.165) is 30.9 Å². The van der Waals surface area contributed by atoms with Crippen molar-refractivity contribution in [1.29, 1.82) is 0 Å². The summed E-state index contributed by atoms with van der Waals surface area (Å²) in [7, 11) is 3.41. The van der Waals surface area contributed by atoms with Gasteiger partial charge in [0.05, 0.1) is 14.2 Å². The Labute approximate surface area is 126 Å². The van der Waals surface area contributed by atoms with Crippen molar-refractivity contribution in [2.24, 2.45) is 0 Å². The summed E-state index contributed by atoms with van der Waals surface area (Å²) in [4.78, 5) is 0. The van der Waals surface area contributed by atoms with E-state index in [1.807, 2.05) is 6.07 Å². The first-order valence-electron chi connectivity index (χ1n) is 6.76. The van der Waals surface area contributed by atoms with Crippen LogP contribution in [0.2, 0.25) is 0 Å². The maximum atomic E-state index is 5.51. The summed E-state index contributed by atoms with van der Waals surface area (Å²) >= 11 is 0. The van der Waals surface area contributed by atoms with Crippen LogP contribution < -0.4 is 14.8 Å². The Balaban J connectivity index is 0.00000180. The molecule has 2 rings (SSSR count). The van der Waals surface area contributed by atoms with E-state index in [4.69, 9.17) is 9.47 Å². The normalized spacial score (nSPS) is 17.3. The lowest BCUT2D eigenvalue weighted by Gasteiger charge is -2.27. The Morgan fingerprint density at radius 3 is 2.68 bits per heavy atom. The van der Waals surface area contributed by atoms with Crippen LogP contribution >= 0.6 is 17.0 Å². The minimum absolute atomic E-state index is 0. The van der Waals surface area contributed by atoms with Gasteiger partial charge < -0.3 is 14.8 Å². The lowest BCUT2D eigenvalue weighted by molar-refractivity contribution is 0.346. The van der Waals surface area contributed by atoms with Crippen molar-refractivity contribution in [2.75, 3.05) is 20.8 Å². The van der Waals surface area contributed by atoms with Gasteiger partial charge in [0, 0.05) is 11.6 Å². The largest absolute Gasteiger partial charge is 0.493 e. The number of hydrogen-bond donors (Lipinski definition) is 1. The van der Waals surface area contributed by atoms with Crippen molar-refractivity contribution >= 4 is 17.0 Å². The van der Waals surface area contributed by atoms with Crippen LogP contribution in [-0.2, 0) is 12.8 Å². The van der Waals surface area contributed by atoms with Crippen molar-refractivity contribution in [2.45, 2.75) is 38.6 Å². The SMILES string of the molecule is Br.CCCNC1CCc2c(ccc(OC)c2OC)C1. The Kier molecular flexibility index (Phi) is 6.66. The lowest BCUT2D eigenvalue weighted by atomic mass is 9.87. The van der Waals surface area contributed by atoms with Crippen molar-refractivity contribution in [1.82, 2.24) is 5.32 Å². The smallest absolute Gasteiger partial charge is 0.164 e. The molecule has 1 aliphatic rings. The molecule has 3 nitrogen and oxygen atoms in total. The molecule has 1 N–H and O–H groups in total. The Morgan fingerprint density at radius 2 is 2.05 bits per heavy atom. The molecule has 1 unspecified atom stereocenters. The first kappa shape index (κ1) is 16.3. The average Bonchev–Trinajstić information content (AvgIpc) is 2.43. The second-order valence-corrected chi connectivity index (χ2v) is 4.83. The molecule has 0 bridgehead atoms. The summed E-state index contributed by atoms with van der Waals surface area (Å²) in [5, 5.41) is 3.61. The second kappa shape index (κ2) is 7.75. The van der Waals surface area contributed by atoms with Crippen molar-refractivity contribution in [3.8, 4) is 11.5 Å². The third-order valence-electron chi connectivity index (χ3n) is 3.64. The summed E-state index contributed by atoms with van der Waals surface area (Å²) in [6.07, 6.45) is 4.53. The number of nitrogens with one attached hydrogen (secondary N) is 1. The number of methoxy groups -OCH3 is 2. The van der Waals surface area contributed by atoms with Gasteiger partial charge in [-0.25, -0.2) is 0 Å². The molecule has 0 heterocycles. The van der Waals surface area contributed by atoms with Crippen molar-refractivity contribution in [3.63, 3.8) is 0 Å². The molecule has 19 heavy (non-hydrogen) atoms. The number of benzene rings is 1. The van der Waals surface area contributed by atoms with Crippen LogP contribution in [0.15, 0.2) is 12.1 Å². The standard InChI is InChI=1S/C15H23NO2.BrH/c1-4-9-16-12-6-7-13-11(10-12)5-8-14(17-2)15(13)18-3;/h5,8,12,16H,4,6-7,9-10H2,1-3H3;1H. The molecule has 0 aliphatic heterocycles. The van der Waals surface area contributed by atoms with Gasteiger partial charge in [0.2, 0.25) is 0 Å². The summed E-state index contributed by atoms with van der Waals surface area (Å²) in [6.45, 7) is 3.31. The van der Waals surface area contributed by atoms with Gasteiger partial charge in [0.25, 0.3) is 0 Å². The number of fused-ring (bicyclic) bond motifs is 1. The zero-order valence-corrected chi connectivity index (χ0v) is 13.7. The summed E-state index contributed by atoms with van der Waals surface area (Å²) < 4.78 is 10.9. The predicted molar refractivity (Wildman–Crippen MR) is 84.0 cm³/mol. The Hall–Kier alpha value is -0.740. The van der Waals surface area contributed by atoms with Crippen LogP contribution in [0.25, 0.3) is 0 Å². The van der Waals surface area contributed by atoms with E-state index >= 15 is 0 Å². The van der Waals surface area contributed by atoms with Crippen LogP contribution in [-0.4, -0.2) is 26.8 Å². The van der Waals surface area contributed by atoms with Crippen LogP contribution in [0, 0.1) is 0 Å². The molecular weight excluding hydrogens is 306 g/mol. The van der Waals surface area contributed by atoms with Gasteiger partial charge in [0.15, 0.2) is 11.5 Å². The first-order valence-corrected chi connectivity index (χ1v) is 6.76. The molecule has 4 heteroatoms. The quantitative estimate of drug-likeness (QED) is 0.900. The molecule has 0 spiro atoms. The van der Waals surface area contributed by atoms with Gasteiger partial charge in [0.1, 0.15) is 0 Å². The molecule has 0 radical (unpaired) electrons. The number of rotatable bonds is 5. The molecule has 1 aromatic carbocycles. The molecule has 1 aliphatic carbocycles. The van der Waals surface area contributed by atoms with Crippen LogP contribution in [0.3, 0.4) is 0 Å². The summed E-state index contributed by atoms with van der Waals surface area (Å²) in [6, 6.07) is 4.80. The van der Waals surface area contributed by atoms with Crippen molar-refractivity contribution in [3.05, 3.63) is 23.3 Å². The molecule has 108 valence electrons. The van der Waals surface area contributed by atoms with E-state index in [1.165, 1.54) is 24.0 Å². The fraction of sp³-hybridized carbons (Fsp3) is 0.600.